The van der Waals surface area contributed by atoms with E-state index in [1.54, 1.807) is 16.8 Å². The van der Waals surface area contributed by atoms with Gasteiger partial charge in [0, 0.05) is 5.56 Å². The number of benzene rings is 1. The first-order valence-corrected chi connectivity index (χ1v) is 9.41. The Morgan fingerprint density at radius 1 is 1.16 bits per heavy atom. The Morgan fingerprint density at radius 2 is 1.88 bits per heavy atom. The van der Waals surface area contributed by atoms with Crippen LogP contribution in [0.2, 0.25) is 0 Å². The molecule has 5 nitrogen and oxygen atoms in total. The molecule has 0 atom stereocenters. The predicted molar refractivity (Wildman–Crippen MR) is 99.2 cm³/mol. The van der Waals surface area contributed by atoms with Crippen molar-refractivity contribution in [2.24, 2.45) is 4.99 Å². The van der Waals surface area contributed by atoms with Crippen LogP contribution in [0.25, 0.3) is 0 Å². The summed E-state index contributed by atoms with van der Waals surface area (Å²) in [5, 5.41) is 5.29. The van der Waals surface area contributed by atoms with E-state index in [2.05, 4.69) is 26.8 Å². The molecule has 0 N–H and O–H groups in total. The zero-order valence-electron chi connectivity index (χ0n) is 14.4. The number of carbonyl (C=O) groups is 1. The number of hydrogen-bond acceptors (Lipinski definition) is 4. The van der Waals surface area contributed by atoms with Crippen molar-refractivity contribution in [1.82, 2.24) is 14.7 Å². The van der Waals surface area contributed by atoms with Crippen molar-refractivity contribution in [3.8, 4) is 11.8 Å². The third kappa shape index (κ3) is 5.12. The number of likely N-dealkylation sites (tertiary alicyclic amines) is 1. The molecule has 2 heterocycles. The number of hydrogen-bond donors (Lipinski definition) is 0. The summed E-state index contributed by atoms with van der Waals surface area (Å²) >= 11 is 1.41. The normalized spacial score (nSPS) is 15.6. The zero-order valence-corrected chi connectivity index (χ0v) is 15.3. The van der Waals surface area contributed by atoms with Gasteiger partial charge in [0.1, 0.15) is 11.6 Å². The molecule has 0 saturated carbocycles. The van der Waals surface area contributed by atoms with Gasteiger partial charge in [-0.15, -0.1) is 0 Å². The van der Waals surface area contributed by atoms with E-state index in [1.807, 2.05) is 25.1 Å². The van der Waals surface area contributed by atoms with E-state index >= 15 is 0 Å². The summed E-state index contributed by atoms with van der Waals surface area (Å²) < 4.78 is 1.71. The van der Waals surface area contributed by atoms with Crippen molar-refractivity contribution in [2.75, 3.05) is 19.6 Å². The van der Waals surface area contributed by atoms with Crippen LogP contribution in [-0.4, -0.2) is 40.2 Å². The fraction of sp³-hybridized carbons (Fsp3) is 0.421. The second-order valence-electron chi connectivity index (χ2n) is 6.03. The van der Waals surface area contributed by atoms with E-state index in [0.717, 1.165) is 24.6 Å². The summed E-state index contributed by atoms with van der Waals surface area (Å²) in [5.74, 6) is 6.13. The van der Waals surface area contributed by atoms with Gasteiger partial charge in [-0.1, -0.05) is 47.8 Å². The zero-order chi connectivity index (χ0) is 17.5. The summed E-state index contributed by atoms with van der Waals surface area (Å²) in [4.78, 5) is 19.5. The Hall–Kier alpha value is -2.23. The molecular formula is C19H22N4OS. The number of rotatable bonds is 3. The lowest BCUT2D eigenvalue weighted by Crippen LogP contribution is -2.29. The third-order valence-corrected chi connectivity index (χ3v) is 4.91. The van der Waals surface area contributed by atoms with E-state index in [1.165, 1.54) is 30.6 Å². The van der Waals surface area contributed by atoms with Gasteiger partial charge in [0.05, 0.1) is 6.54 Å². The van der Waals surface area contributed by atoms with Crippen LogP contribution in [0.1, 0.15) is 34.6 Å². The molecular weight excluding hydrogens is 332 g/mol. The van der Waals surface area contributed by atoms with E-state index in [4.69, 9.17) is 0 Å². The molecule has 0 aliphatic carbocycles. The number of amides is 1. The number of carbonyl (C=O) groups excluding carboxylic acids is 1. The predicted octanol–water partition coefficient (Wildman–Crippen LogP) is 2.48. The highest BCUT2D eigenvalue weighted by Gasteiger charge is 2.08. The Balaban J connectivity index is 1.68. The lowest BCUT2D eigenvalue weighted by Gasteiger charge is -2.23. The molecule has 25 heavy (non-hydrogen) atoms. The molecule has 130 valence electrons. The molecule has 1 aliphatic heterocycles. The lowest BCUT2D eigenvalue weighted by molar-refractivity contribution is 0.0997. The molecule has 1 aromatic heterocycles. The Labute approximate surface area is 152 Å². The minimum Gasteiger partial charge on any atom is -0.292 e. The fourth-order valence-electron chi connectivity index (χ4n) is 2.75. The molecule has 0 bridgehead atoms. The van der Waals surface area contributed by atoms with Gasteiger partial charge in [0.15, 0.2) is 0 Å². The largest absolute Gasteiger partial charge is 0.292 e. The fourth-order valence-corrected chi connectivity index (χ4v) is 3.49. The SMILES string of the molecule is Cc1nn(CC#CCN2CCCCC2)c(=NC(=O)c2ccccc2)s1. The van der Waals surface area contributed by atoms with Gasteiger partial charge >= 0.3 is 0 Å². The summed E-state index contributed by atoms with van der Waals surface area (Å²) in [6, 6.07) is 9.08. The van der Waals surface area contributed by atoms with Crippen LogP contribution in [0.5, 0.6) is 0 Å². The van der Waals surface area contributed by atoms with E-state index in [-0.39, 0.29) is 5.91 Å². The third-order valence-electron chi connectivity index (χ3n) is 4.04. The lowest BCUT2D eigenvalue weighted by atomic mass is 10.1. The van der Waals surface area contributed by atoms with Crippen LogP contribution < -0.4 is 4.80 Å². The highest BCUT2D eigenvalue weighted by atomic mass is 32.1. The molecule has 1 aliphatic rings. The van der Waals surface area contributed by atoms with Crippen LogP contribution in [0.3, 0.4) is 0 Å². The standard InChI is InChI=1S/C19H22N4OS/c1-16-21-23(15-9-8-14-22-12-6-3-7-13-22)19(25-16)20-18(24)17-10-4-2-5-11-17/h2,4-5,10-11H,3,6-7,12-15H2,1H3. The molecule has 2 aromatic rings. The molecule has 1 aromatic carbocycles. The van der Waals surface area contributed by atoms with Crippen LogP contribution >= 0.6 is 11.3 Å². The molecule has 3 rings (SSSR count). The van der Waals surface area contributed by atoms with Gasteiger partial charge in [-0.05, 0) is 45.0 Å². The van der Waals surface area contributed by atoms with Crippen molar-refractivity contribution >= 4 is 17.2 Å². The van der Waals surface area contributed by atoms with E-state index in [9.17, 15) is 4.79 Å². The molecule has 1 fully saturated rings. The quantitative estimate of drug-likeness (QED) is 0.796. The maximum absolute atomic E-state index is 12.3. The molecule has 0 radical (unpaired) electrons. The second kappa shape index (κ2) is 8.75. The Morgan fingerprint density at radius 3 is 2.64 bits per heavy atom. The minimum absolute atomic E-state index is 0.251. The number of aromatic nitrogens is 2. The first kappa shape index (κ1) is 17.6. The van der Waals surface area contributed by atoms with Gasteiger partial charge in [-0.2, -0.15) is 10.1 Å². The Bertz CT molecular complexity index is 836. The smallest absolute Gasteiger partial charge is 0.279 e. The van der Waals surface area contributed by atoms with Crippen LogP contribution in [0.4, 0.5) is 0 Å². The van der Waals surface area contributed by atoms with Gasteiger partial charge < -0.3 is 0 Å². The summed E-state index contributed by atoms with van der Waals surface area (Å²) in [6.07, 6.45) is 3.87. The molecule has 1 saturated heterocycles. The van der Waals surface area contributed by atoms with Crippen molar-refractivity contribution in [3.05, 3.63) is 45.7 Å². The van der Waals surface area contributed by atoms with Crippen molar-refractivity contribution in [3.63, 3.8) is 0 Å². The van der Waals surface area contributed by atoms with Gasteiger partial charge in [0.25, 0.3) is 5.91 Å². The molecule has 0 unspecified atom stereocenters. The van der Waals surface area contributed by atoms with E-state index in [0.29, 0.717) is 16.9 Å². The van der Waals surface area contributed by atoms with Crippen LogP contribution in [0.15, 0.2) is 35.3 Å². The highest BCUT2D eigenvalue weighted by molar-refractivity contribution is 7.08. The molecule has 0 spiro atoms. The first-order valence-electron chi connectivity index (χ1n) is 8.59. The summed E-state index contributed by atoms with van der Waals surface area (Å²) in [6.45, 7) is 5.46. The maximum atomic E-state index is 12.3. The molecule has 1 amide bonds. The highest BCUT2D eigenvalue weighted by Crippen LogP contribution is 2.07. The average molecular weight is 354 g/mol. The van der Waals surface area contributed by atoms with Crippen molar-refractivity contribution in [1.29, 1.82) is 0 Å². The van der Waals surface area contributed by atoms with Crippen LogP contribution in [-0.2, 0) is 6.54 Å². The van der Waals surface area contributed by atoms with Crippen LogP contribution in [0, 0.1) is 18.8 Å². The van der Waals surface area contributed by atoms with Gasteiger partial charge in [0.2, 0.25) is 4.80 Å². The monoisotopic (exact) mass is 354 g/mol. The molecule has 6 heteroatoms. The number of aryl methyl sites for hydroxylation is 1. The van der Waals surface area contributed by atoms with Gasteiger partial charge in [-0.25, -0.2) is 4.68 Å². The minimum atomic E-state index is -0.251. The van der Waals surface area contributed by atoms with Crippen molar-refractivity contribution in [2.45, 2.75) is 32.7 Å². The van der Waals surface area contributed by atoms with Gasteiger partial charge in [-0.3, -0.25) is 9.69 Å². The second-order valence-corrected chi connectivity index (χ2v) is 7.19. The maximum Gasteiger partial charge on any atom is 0.279 e. The van der Waals surface area contributed by atoms with Crippen molar-refractivity contribution < 1.29 is 4.79 Å². The summed E-state index contributed by atoms with van der Waals surface area (Å²) in [5.41, 5.74) is 0.580. The van der Waals surface area contributed by atoms with E-state index < -0.39 is 0 Å². The topological polar surface area (TPSA) is 50.5 Å². The average Bonchev–Trinajstić information content (AvgIpc) is 2.99. The number of nitrogens with zero attached hydrogens (tertiary/aromatic N) is 4. The first-order chi connectivity index (χ1) is 12.2. The Kier molecular flexibility index (Phi) is 6.15. The summed E-state index contributed by atoms with van der Waals surface area (Å²) in [7, 11) is 0. The number of piperidine rings is 1.